The molecule has 6 nitrogen and oxygen atoms in total. The van der Waals surface area contributed by atoms with Gasteiger partial charge in [-0.3, -0.25) is 0 Å². The molecule has 0 aromatic carbocycles. The van der Waals surface area contributed by atoms with Crippen molar-refractivity contribution in [1.29, 1.82) is 0 Å². The standard InChI is InChI=1S/C13H19N3O3/c1-17-13-14-6-5-11(15-13)16-8-10(9-16)19-12-4-2-3-7-18-12/h5-6,10,12H,2-4,7-9H2,1H3. The van der Waals surface area contributed by atoms with Crippen LogP contribution in [0.5, 0.6) is 6.01 Å². The fourth-order valence-corrected chi connectivity index (χ4v) is 2.35. The summed E-state index contributed by atoms with van der Waals surface area (Å²) < 4.78 is 16.5. The third kappa shape index (κ3) is 2.96. The van der Waals surface area contributed by atoms with E-state index in [1.54, 1.807) is 13.3 Å². The van der Waals surface area contributed by atoms with E-state index in [-0.39, 0.29) is 12.4 Å². The molecular weight excluding hydrogens is 246 g/mol. The molecular formula is C13H19N3O3. The molecule has 0 bridgehead atoms. The molecule has 3 heterocycles. The highest BCUT2D eigenvalue weighted by Crippen LogP contribution is 2.24. The van der Waals surface area contributed by atoms with E-state index in [2.05, 4.69) is 14.9 Å². The summed E-state index contributed by atoms with van der Waals surface area (Å²) in [6.45, 7) is 2.52. The van der Waals surface area contributed by atoms with Gasteiger partial charge in [-0.05, 0) is 25.3 Å². The molecule has 2 saturated heterocycles. The van der Waals surface area contributed by atoms with Crippen molar-refractivity contribution in [1.82, 2.24) is 9.97 Å². The molecule has 104 valence electrons. The molecule has 1 unspecified atom stereocenters. The van der Waals surface area contributed by atoms with Gasteiger partial charge in [0.2, 0.25) is 0 Å². The third-order valence-electron chi connectivity index (χ3n) is 3.46. The molecule has 0 radical (unpaired) electrons. The van der Waals surface area contributed by atoms with Crippen LogP contribution in [-0.4, -0.2) is 49.2 Å². The summed E-state index contributed by atoms with van der Waals surface area (Å²) in [5, 5.41) is 0. The maximum atomic E-state index is 5.90. The van der Waals surface area contributed by atoms with Crippen molar-refractivity contribution in [3.8, 4) is 6.01 Å². The second kappa shape index (κ2) is 5.71. The topological polar surface area (TPSA) is 56.7 Å². The Balaban J connectivity index is 1.48. The Morgan fingerprint density at radius 1 is 1.37 bits per heavy atom. The van der Waals surface area contributed by atoms with Crippen molar-refractivity contribution in [2.24, 2.45) is 0 Å². The van der Waals surface area contributed by atoms with Gasteiger partial charge in [-0.1, -0.05) is 0 Å². The van der Waals surface area contributed by atoms with Gasteiger partial charge >= 0.3 is 6.01 Å². The summed E-state index contributed by atoms with van der Waals surface area (Å²) >= 11 is 0. The smallest absolute Gasteiger partial charge is 0.318 e. The molecule has 0 saturated carbocycles. The summed E-state index contributed by atoms with van der Waals surface area (Å²) in [5.41, 5.74) is 0. The SMILES string of the molecule is COc1nccc(N2CC(OC3CCCCO3)C2)n1. The molecule has 0 amide bonds. The van der Waals surface area contributed by atoms with Crippen LogP contribution in [0.1, 0.15) is 19.3 Å². The van der Waals surface area contributed by atoms with Crippen LogP contribution in [0, 0.1) is 0 Å². The molecule has 1 aromatic heterocycles. The summed E-state index contributed by atoms with van der Waals surface area (Å²) in [6.07, 6.45) is 5.30. The van der Waals surface area contributed by atoms with Crippen molar-refractivity contribution in [2.45, 2.75) is 31.7 Å². The lowest BCUT2D eigenvalue weighted by Gasteiger charge is -2.41. The molecule has 0 aliphatic carbocycles. The Hall–Kier alpha value is -1.40. The molecule has 2 fully saturated rings. The predicted octanol–water partition coefficient (Wildman–Crippen LogP) is 1.22. The zero-order valence-corrected chi connectivity index (χ0v) is 11.1. The summed E-state index contributed by atoms with van der Waals surface area (Å²) in [4.78, 5) is 10.5. The molecule has 1 aromatic rings. The minimum absolute atomic E-state index is 0.0131. The van der Waals surface area contributed by atoms with Gasteiger partial charge in [-0.15, -0.1) is 0 Å². The van der Waals surface area contributed by atoms with Crippen LogP contribution in [0.25, 0.3) is 0 Å². The highest BCUT2D eigenvalue weighted by Gasteiger charge is 2.31. The third-order valence-corrected chi connectivity index (χ3v) is 3.46. The van der Waals surface area contributed by atoms with Crippen LogP contribution in [0.4, 0.5) is 5.82 Å². The first-order chi connectivity index (χ1) is 9.35. The summed E-state index contributed by atoms with van der Waals surface area (Å²) in [7, 11) is 1.57. The first kappa shape index (κ1) is 12.6. The van der Waals surface area contributed by atoms with E-state index < -0.39 is 0 Å². The number of hydrogen-bond donors (Lipinski definition) is 0. The van der Waals surface area contributed by atoms with E-state index in [1.165, 1.54) is 6.42 Å². The number of hydrogen-bond acceptors (Lipinski definition) is 6. The normalized spacial score (nSPS) is 24.1. The first-order valence-corrected chi connectivity index (χ1v) is 6.74. The zero-order valence-electron chi connectivity index (χ0n) is 11.1. The Labute approximate surface area is 112 Å². The van der Waals surface area contributed by atoms with Crippen LogP contribution in [0.15, 0.2) is 12.3 Å². The lowest BCUT2D eigenvalue weighted by Crippen LogP contribution is -2.54. The number of ether oxygens (including phenoxy) is 3. The van der Waals surface area contributed by atoms with Crippen molar-refractivity contribution in [3.05, 3.63) is 12.3 Å². The van der Waals surface area contributed by atoms with Gasteiger partial charge in [0.15, 0.2) is 6.29 Å². The second-order valence-corrected chi connectivity index (χ2v) is 4.86. The monoisotopic (exact) mass is 265 g/mol. The largest absolute Gasteiger partial charge is 0.467 e. The Bertz CT molecular complexity index is 417. The Morgan fingerprint density at radius 3 is 3.00 bits per heavy atom. The van der Waals surface area contributed by atoms with Crippen LogP contribution < -0.4 is 9.64 Å². The van der Waals surface area contributed by atoms with E-state index in [4.69, 9.17) is 14.2 Å². The van der Waals surface area contributed by atoms with E-state index >= 15 is 0 Å². The molecule has 3 rings (SSSR count). The molecule has 6 heteroatoms. The minimum Gasteiger partial charge on any atom is -0.467 e. The van der Waals surface area contributed by atoms with E-state index in [0.717, 1.165) is 38.4 Å². The van der Waals surface area contributed by atoms with Crippen molar-refractivity contribution < 1.29 is 14.2 Å². The lowest BCUT2D eigenvalue weighted by molar-refractivity contribution is -0.191. The molecule has 2 aliphatic heterocycles. The van der Waals surface area contributed by atoms with Gasteiger partial charge < -0.3 is 19.1 Å². The average molecular weight is 265 g/mol. The molecule has 1 atom stereocenters. The van der Waals surface area contributed by atoms with E-state index in [9.17, 15) is 0 Å². The highest BCUT2D eigenvalue weighted by atomic mass is 16.7. The minimum atomic E-state index is -0.0131. The van der Waals surface area contributed by atoms with Gasteiger partial charge in [0.25, 0.3) is 0 Å². The number of rotatable bonds is 4. The van der Waals surface area contributed by atoms with Gasteiger partial charge in [-0.25, -0.2) is 4.98 Å². The van der Waals surface area contributed by atoms with Crippen LogP contribution >= 0.6 is 0 Å². The zero-order chi connectivity index (χ0) is 13.1. The fraction of sp³-hybridized carbons (Fsp3) is 0.692. The average Bonchev–Trinajstić information content (AvgIpc) is 2.43. The molecule has 0 spiro atoms. The van der Waals surface area contributed by atoms with Crippen LogP contribution in [0.2, 0.25) is 0 Å². The van der Waals surface area contributed by atoms with Gasteiger partial charge in [0, 0.05) is 25.9 Å². The van der Waals surface area contributed by atoms with E-state index in [0.29, 0.717) is 6.01 Å². The summed E-state index contributed by atoms with van der Waals surface area (Å²) in [6, 6.07) is 2.29. The van der Waals surface area contributed by atoms with Gasteiger partial charge in [0.05, 0.1) is 13.2 Å². The number of aromatic nitrogens is 2. The number of methoxy groups -OCH3 is 1. The predicted molar refractivity (Wildman–Crippen MR) is 69.3 cm³/mol. The second-order valence-electron chi connectivity index (χ2n) is 4.86. The number of nitrogens with zero attached hydrogens (tertiary/aromatic N) is 3. The van der Waals surface area contributed by atoms with Gasteiger partial charge in [-0.2, -0.15) is 4.98 Å². The maximum Gasteiger partial charge on any atom is 0.318 e. The molecule has 2 aliphatic rings. The molecule has 19 heavy (non-hydrogen) atoms. The first-order valence-electron chi connectivity index (χ1n) is 6.74. The van der Waals surface area contributed by atoms with Crippen molar-refractivity contribution >= 4 is 5.82 Å². The van der Waals surface area contributed by atoms with Gasteiger partial charge in [0.1, 0.15) is 5.82 Å². The fourth-order valence-electron chi connectivity index (χ4n) is 2.35. The van der Waals surface area contributed by atoms with Crippen LogP contribution in [0.3, 0.4) is 0 Å². The Kier molecular flexibility index (Phi) is 3.79. The Morgan fingerprint density at radius 2 is 2.26 bits per heavy atom. The van der Waals surface area contributed by atoms with Crippen molar-refractivity contribution in [3.63, 3.8) is 0 Å². The van der Waals surface area contributed by atoms with E-state index in [1.807, 2.05) is 6.07 Å². The molecule has 0 N–H and O–H groups in total. The van der Waals surface area contributed by atoms with Crippen molar-refractivity contribution in [2.75, 3.05) is 31.7 Å². The highest BCUT2D eigenvalue weighted by molar-refractivity contribution is 5.41. The van der Waals surface area contributed by atoms with Crippen LogP contribution in [-0.2, 0) is 9.47 Å². The summed E-state index contributed by atoms with van der Waals surface area (Å²) in [5.74, 6) is 0.885. The maximum absolute atomic E-state index is 5.90. The lowest BCUT2D eigenvalue weighted by atomic mass is 10.1. The quantitative estimate of drug-likeness (QED) is 0.816. The number of anilines is 1.